The van der Waals surface area contributed by atoms with Crippen LogP contribution in [0.2, 0.25) is 0 Å². The van der Waals surface area contributed by atoms with Crippen LogP contribution in [0.5, 0.6) is 0 Å². The van der Waals surface area contributed by atoms with E-state index in [0.29, 0.717) is 12.3 Å². The molecule has 2 aromatic heterocycles. The molecule has 5 nitrogen and oxygen atoms in total. The van der Waals surface area contributed by atoms with E-state index in [2.05, 4.69) is 9.97 Å². The lowest BCUT2D eigenvalue weighted by Crippen LogP contribution is -2.06. The number of rotatable bonds is 3. The summed E-state index contributed by atoms with van der Waals surface area (Å²) < 4.78 is 4.77. The van der Waals surface area contributed by atoms with Crippen LogP contribution in [0, 0.1) is 13.8 Å². The third-order valence-electron chi connectivity index (χ3n) is 2.53. The molecule has 0 aliphatic carbocycles. The maximum absolute atomic E-state index is 11.1. The fourth-order valence-electron chi connectivity index (χ4n) is 1.39. The summed E-state index contributed by atoms with van der Waals surface area (Å²) in [6, 6.07) is 7.24. The fraction of sp³-hybridized carbons (Fsp3) is 0.312. The van der Waals surface area contributed by atoms with Crippen molar-refractivity contribution in [2.45, 2.75) is 27.4 Å². The minimum atomic E-state index is -0.363. The molecule has 2 aromatic rings. The van der Waals surface area contributed by atoms with Crippen LogP contribution in [0.15, 0.2) is 36.7 Å². The Labute approximate surface area is 124 Å². The fourth-order valence-corrected chi connectivity index (χ4v) is 1.39. The first-order chi connectivity index (χ1) is 10.1. The van der Waals surface area contributed by atoms with Gasteiger partial charge in [-0.3, -0.25) is 4.98 Å². The topological polar surface area (TPSA) is 72.3 Å². The van der Waals surface area contributed by atoms with Gasteiger partial charge in [0.05, 0.1) is 18.9 Å². The Morgan fingerprint density at radius 3 is 2.14 bits per heavy atom. The predicted octanol–water partition coefficient (Wildman–Crippen LogP) is 2.45. The van der Waals surface area contributed by atoms with Crippen molar-refractivity contribution in [3.05, 3.63) is 59.2 Å². The summed E-state index contributed by atoms with van der Waals surface area (Å²) in [5.41, 5.74) is 3.23. The predicted molar refractivity (Wildman–Crippen MR) is 79.8 cm³/mol. The maximum Gasteiger partial charge on any atom is 0.356 e. The third-order valence-corrected chi connectivity index (χ3v) is 2.53. The van der Waals surface area contributed by atoms with Gasteiger partial charge in [-0.15, -0.1) is 0 Å². The van der Waals surface area contributed by atoms with E-state index >= 15 is 0 Å². The maximum atomic E-state index is 11.1. The molecule has 21 heavy (non-hydrogen) atoms. The highest BCUT2D eigenvalue weighted by atomic mass is 16.5. The van der Waals surface area contributed by atoms with Gasteiger partial charge in [0.2, 0.25) is 0 Å². The first-order valence-electron chi connectivity index (χ1n) is 6.69. The second-order valence-electron chi connectivity index (χ2n) is 4.43. The summed E-state index contributed by atoms with van der Waals surface area (Å²) in [5, 5.41) is 8.57. The molecule has 0 fully saturated rings. The van der Waals surface area contributed by atoms with Crippen molar-refractivity contribution >= 4 is 5.97 Å². The van der Waals surface area contributed by atoms with Gasteiger partial charge in [-0.05, 0) is 44.0 Å². The minimum Gasteiger partial charge on any atom is -0.461 e. The summed E-state index contributed by atoms with van der Waals surface area (Å²) in [5.74, 6) is -0.363. The molecule has 0 aliphatic heterocycles. The molecule has 1 N–H and O–H groups in total. The summed E-state index contributed by atoms with van der Waals surface area (Å²) in [7, 11) is 0. The number of aliphatic hydroxyl groups is 1. The lowest BCUT2D eigenvalue weighted by Gasteiger charge is -1.99. The average molecular weight is 288 g/mol. The van der Waals surface area contributed by atoms with Gasteiger partial charge in [0.1, 0.15) is 5.69 Å². The lowest BCUT2D eigenvalue weighted by atomic mass is 10.3. The molecular formula is C16H20N2O3. The van der Waals surface area contributed by atoms with Gasteiger partial charge in [-0.1, -0.05) is 12.1 Å². The van der Waals surface area contributed by atoms with Crippen molar-refractivity contribution < 1.29 is 14.6 Å². The van der Waals surface area contributed by atoms with E-state index in [0.717, 1.165) is 16.8 Å². The molecule has 0 aliphatic rings. The van der Waals surface area contributed by atoms with E-state index in [1.54, 1.807) is 25.4 Å². The smallest absolute Gasteiger partial charge is 0.356 e. The molecule has 5 heteroatoms. The van der Waals surface area contributed by atoms with Crippen LogP contribution in [-0.4, -0.2) is 27.7 Å². The molecule has 0 saturated heterocycles. The van der Waals surface area contributed by atoms with Crippen molar-refractivity contribution in [1.82, 2.24) is 9.97 Å². The number of hydrogen-bond acceptors (Lipinski definition) is 5. The highest BCUT2D eigenvalue weighted by molar-refractivity contribution is 5.87. The molecule has 112 valence electrons. The summed E-state index contributed by atoms with van der Waals surface area (Å²) in [6.45, 7) is 6.07. The van der Waals surface area contributed by atoms with Gasteiger partial charge >= 0.3 is 5.97 Å². The van der Waals surface area contributed by atoms with Crippen molar-refractivity contribution in [1.29, 1.82) is 0 Å². The summed E-state index contributed by atoms with van der Waals surface area (Å²) >= 11 is 0. The van der Waals surface area contributed by atoms with Crippen LogP contribution in [0.4, 0.5) is 0 Å². The molecule has 0 aromatic carbocycles. The Bertz CT molecular complexity index is 551. The van der Waals surface area contributed by atoms with Gasteiger partial charge in [-0.25, -0.2) is 9.78 Å². The highest BCUT2D eigenvalue weighted by Gasteiger charge is 2.05. The minimum absolute atomic E-state index is 0.0281. The molecule has 0 radical (unpaired) electrons. The van der Waals surface area contributed by atoms with Crippen LogP contribution in [0.1, 0.15) is 34.2 Å². The average Bonchev–Trinajstić information content (AvgIpc) is 2.50. The Balaban J connectivity index is 0.000000219. The number of aliphatic hydroxyl groups excluding tert-OH is 1. The summed E-state index contributed by atoms with van der Waals surface area (Å²) in [4.78, 5) is 18.9. The second-order valence-corrected chi connectivity index (χ2v) is 4.43. The molecule has 0 saturated carbocycles. The Kier molecular flexibility index (Phi) is 7.04. The van der Waals surface area contributed by atoms with E-state index < -0.39 is 0 Å². The first-order valence-corrected chi connectivity index (χ1v) is 6.69. The van der Waals surface area contributed by atoms with E-state index in [1.807, 2.05) is 32.0 Å². The zero-order chi connectivity index (χ0) is 15.7. The molecule has 0 unspecified atom stereocenters. The molecule has 2 rings (SSSR count). The van der Waals surface area contributed by atoms with Crippen LogP contribution in [-0.2, 0) is 11.3 Å². The third kappa shape index (κ3) is 6.14. The summed E-state index contributed by atoms with van der Waals surface area (Å²) in [6.07, 6.45) is 3.39. The quantitative estimate of drug-likeness (QED) is 0.878. The van der Waals surface area contributed by atoms with Crippen LogP contribution in [0.25, 0.3) is 0 Å². The first kappa shape index (κ1) is 16.8. The zero-order valence-corrected chi connectivity index (χ0v) is 12.5. The molecule has 0 bridgehead atoms. The molecule has 0 amide bonds. The zero-order valence-electron chi connectivity index (χ0n) is 12.5. The number of pyridine rings is 2. The van der Waals surface area contributed by atoms with Crippen LogP contribution >= 0.6 is 0 Å². The molecular weight excluding hydrogens is 268 g/mol. The van der Waals surface area contributed by atoms with Crippen molar-refractivity contribution in [2.75, 3.05) is 6.61 Å². The largest absolute Gasteiger partial charge is 0.461 e. The Hall–Kier alpha value is -2.27. The van der Waals surface area contributed by atoms with Gasteiger partial charge in [-0.2, -0.15) is 0 Å². The van der Waals surface area contributed by atoms with Gasteiger partial charge in [0.15, 0.2) is 0 Å². The number of carbonyl (C=O) groups excluding carboxylic acids is 1. The van der Waals surface area contributed by atoms with E-state index in [1.165, 1.54) is 0 Å². The normalized spacial score (nSPS) is 9.52. The number of aryl methyl sites for hydroxylation is 2. The van der Waals surface area contributed by atoms with Crippen LogP contribution < -0.4 is 0 Å². The highest BCUT2D eigenvalue weighted by Crippen LogP contribution is 2.00. The van der Waals surface area contributed by atoms with Crippen molar-refractivity contribution in [3.63, 3.8) is 0 Å². The Morgan fingerprint density at radius 1 is 1.10 bits per heavy atom. The van der Waals surface area contributed by atoms with Gasteiger partial charge < -0.3 is 9.84 Å². The van der Waals surface area contributed by atoms with Crippen molar-refractivity contribution in [3.8, 4) is 0 Å². The molecule has 0 spiro atoms. The van der Waals surface area contributed by atoms with Crippen molar-refractivity contribution in [2.24, 2.45) is 0 Å². The van der Waals surface area contributed by atoms with Gasteiger partial charge in [0, 0.05) is 12.4 Å². The number of nitrogens with zero attached hydrogens (tertiary/aromatic N) is 2. The SMILES string of the molecule is CCOC(=O)c1ccc(C)cn1.Cc1ccc(CO)nc1. The standard InChI is InChI=1S/C9H11NO2.C7H9NO/c1-3-12-9(11)8-5-4-7(2)6-10-8;1-6-2-3-7(5-9)8-4-6/h4-6H,3H2,1-2H3;2-4,9H,5H2,1H3. The Morgan fingerprint density at radius 2 is 1.71 bits per heavy atom. The number of esters is 1. The number of ether oxygens (including phenoxy) is 1. The van der Waals surface area contributed by atoms with Crippen LogP contribution in [0.3, 0.4) is 0 Å². The van der Waals surface area contributed by atoms with E-state index in [4.69, 9.17) is 9.84 Å². The lowest BCUT2D eigenvalue weighted by molar-refractivity contribution is 0.0519. The van der Waals surface area contributed by atoms with E-state index in [9.17, 15) is 4.79 Å². The number of aromatic nitrogens is 2. The molecule has 2 heterocycles. The van der Waals surface area contributed by atoms with E-state index in [-0.39, 0.29) is 12.6 Å². The molecule has 0 atom stereocenters. The number of carbonyl (C=O) groups is 1. The second kappa shape index (κ2) is 8.81. The monoisotopic (exact) mass is 288 g/mol. The number of hydrogen-bond donors (Lipinski definition) is 1. The van der Waals surface area contributed by atoms with Gasteiger partial charge in [0.25, 0.3) is 0 Å².